The van der Waals surface area contributed by atoms with Crippen molar-refractivity contribution in [3.05, 3.63) is 42.7 Å². The molecule has 4 rings (SSSR count). The van der Waals surface area contributed by atoms with Gasteiger partial charge in [0, 0.05) is 39.3 Å². The molecule has 3 aromatic rings. The lowest BCUT2D eigenvalue weighted by atomic mass is 10.3. The topological polar surface area (TPSA) is 133 Å². The van der Waals surface area contributed by atoms with Gasteiger partial charge < -0.3 is 15.5 Å². The number of aromatic nitrogens is 4. The molecule has 0 aliphatic carbocycles. The zero-order valence-corrected chi connectivity index (χ0v) is 18.2. The lowest BCUT2D eigenvalue weighted by molar-refractivity contribution is -0.114. The summed E-state index contributed by atoms with van der Waals surface area (Å²) in [5, 5.41) is 14.3. The van der Waals surface area contributed by atoms with Crippen molar-refractivity contribution in [3.63, 3.8) is 0 Å². The number of carbonyl (C=O) groups excluding carboxylic acids is 1. The summed E-state index contributed by atoms with van der Waals surface area (Å²) in [4.78, 5) is 21.3. The van der Waals surface area contributed by atoms with Crippen LogP contribution in [0.25, 0.3) is 0 Å². The fourth-order valence-corrected chi connectivity index (χ4v) is 5.66. The predicted molar refractivity (Wildman–Crippen MR) is 117 cm³/mol. The van der Waals surface area contributed by atoms with Crippen molar-refractivity contribution < 1.29 is 13.2 Å². The van der Waals surface area contributed by atoms with Crippen LogP contribution < -0.4 is 15.5 Å². The van der Waals surface area contributed by atoms with Crippen molar-refractivity contribution >= 4 is 49.9 Å². The van der Waals surface area contributed by atoms with Crippen LogP contribution in [-0.2, 0) is 14.8 Å². The van der Waals surface area contributed by atoms with Crippen molar-refractivity contribution in [1.82, 2.24) is 24.5 Å². The van der Waals surface area contributed by atoms with E-state index in [2.05, 4.69) is 30.8 Å². The summed E-state index contributed by atoms with van der Waals surface area (Å²) in [7, 11) is -3.67. The van der Waals surface area contributed by atoms with Gasteiger partial charge >= 0.3 is 0 Å². The van der Waals surface area contributed by atoms with Crippen LogP contribution in [0, 0.1) is 0 Å². The molecule has 4 heterocycles. The highest BCUT2D eigenvalue weighted by atomic mass is 32.2. The van der Waals surface area contributed by atoms with Gasteiger partial charge in [0.25, 0.3) is 10.0 Å². The molecule has 1 saturated heterocycles. The van der Waals surface area contributed by atoms with Gasteiger partial charge in [0.2, 0.25) is 5.91 Å². The average Bonchev–Trinajstić information content (AvgIpc) is 3.24. The minimum atomic E-state index is -3.67. The molecule has 0 aromatic carbocycles. The first-order chi connectivity index (χ1) is 14.9. The van der Waals surface area contributed by atoms with Gasteiger partial charge in [-0.1, -0.05) is 17.4 Å². The molecular weight excluding hydrogens is 440 g/mol. The van der Waals surface area contributed by atoms with Crippen molar-refractivity contribution in [2.45, 2.75) is 11.1 Å². The van der Waals surface area contributed by atoms with Gasteiger partial charge in [-0.2, -0.15) is 4.31 Å². The Bertz CT molecular complexity index is 1140. The van der Waals surface area contributed by atoms with E-state index in [9.17, 15) is 13.2 Å². The van der Waals surface area contributed by atoms with Gasteiger partial charge in [0.1, 0.15) is 5.82 Å². The summed E-state index contributed by atoms with van der Waals surface area (Å²) in [5.74, 6) is 1.63. The minimum Gasteiger partial charge on any atom is -0.352 e. The number of thiazole rings is 1. The van der Waals surface area contributed by atoms with Crippen molar-refractivity contribution in [1.29, 1.82) is 0 Å². The largest absolute Gasteiger partial charge is 0.352 e. The normalized spacial score (nSPS) is 14.9. The van der Waals surface area contributed by atoms with Crippen molar-refractivity contribution in [2.24, 2.45) is 0 Å². The number of nitrogens with one attached hydrogen (secondary N) is 2. The molecule has 0 saturated carbocycles. The summed E-state index contributed by atoms with van der Waals surface area (Å²) >= 11 is 0.941. The fourth-order valence-electron chi connectivity index (χ4n) is 3.00. The molecule has 1 fully saturated rings. The number of hydrogen-bond acceptors (Lipinski definition) is 10. The van der Waals surface area contributed by atoms with E-state index in [1.165, 1.54) is 17.4 Å². The molecule has 0 bridgehead atoms. The summed E-state index contributed by atoms with van der Waals surface area (Å²) in [6.07, 6.45) is 2.96. The standard InChI is InChI=1S/C18H20N8O3S2/c1-13(27)21-18-20-12-17(30-18)31(28,29)26-10-8-25(9-11-26)16-6-5-15(23-24-16)22-14-4-2-3-7-19-14/h2-7,12H,8-11H2,1H3,(H,19,22,23)(H,20,21,27). The molecule has 1 aliphatic heterocycles. The molecule has 2 N–H and O–H groups in total. The molecule has 31 heavy (non-hydrogen) atoms. The maximum Gasteiger partial charge on any atom is 0.254 e. The van der Waals surface area contributed by atoms with Crippen LogP contribution in [0.2, 0.25) is 0 Å². The molecule has 11 nitrogen and oxygen atoms in total. The van der Waals surface area contributed by atoms with Crippen LogP contribution in [0.4, 0.5) is 22.6 Å². The zero-order chi connectivity index (χ0) is 21.8. The molecule has 162 valence electrons. The first-order valence-electron chi connectivity index (χ1n) is 9.42. The molecule has 0 atom stereocenters. The Balaban J connectivity index is 1.37. The highest BCUT2D eigenvalue weighted by Crippen LogP contribution is 2.27. The summed E-state index contributed by atoms with van der Waals surface area (Å²) in [6, 6.07) is 9.18. The van der Waals surface area contributed by atoms with Gasteiger partial charge in [0.05, 0.1) is 6.20 Å². The second kappa shape index (κ2) is 8.91. The highest BCUT2D eigenvalue weighted by Gasteiger charge is 2.30. The number of amides is 1. The molecule has 1 amide bonds. The number of rotatable bonds is 6. The third kappa shape index (κ3) is 4.95. The average molecular weight is 461 g/mol. The number of pyridine rings is 1. The van der Waals surface area contributed by atoms with E-state index in [4.69, 9.17) is 0 Å². The quantitative estimate of drug-likeness (QED) is 0.562. The molecule has 1 aliphatic rings. The van der Waals surface area contributed by atoms with Gasteiger partial charge in [-0.05, 0) is 24.3 Å². The van der Waals surface area contributed by atoms with Crippen LogP contribution in [-0.4, -0.2) is 65.0 Å². The molecular formula is C18H20N8O3S2. The maximum absolute atomic E-state index is 12.9. The first kappa shape index (κ1) is 21.1. The van der Waals surface area contributed by atoms with E-state index >= 15 is 0 Å². The van der Waals surface area contributed by atoms with Crippen molar-refractivity contribution in [2.75, 3.05) is 41.7 Å². The SMILES string of the molecule is CC(=O)Nc1ncc(S(=O)(=O)N2CCN(c3ccc(Nc4ccccn4)nn3)CC2)s1. The summed E-state index contributed by atoms with van der Waals surface area (Å²) in [6.45, 7) is 2.94. The van der Waals surface area contributed by atoms with Crippen LogP contribution in [0.15, 0.2) is 46.9 Å². The van der Waals surface area contributed by atoms with Crippen molar-refractivity contribution in [3.8, 4) is 0 Å². The Morgan fingerprint density at radius 3 is 2.48 bits per heavy atom. The van der Waals surface area contributed by atoms with Crippen LogP contribution in [0.1, 0.15) is 6.92 Å². The first-order valence-corrected chi connectivity index (χ1v) is 11.7. The lowest BCUT2D eigenvalue weighted by Crippen LogP contribution is -2.48. The Morgan fingerprint density at radius 1 is 1.03 bits per heavy atom. The number of hydrogen-bond donors (Lipinski definition) is 2. The number of carbonyl (C=O) groups is 1. The highest BCUT2D eigenvalue weighted by molar-refractivity contribution is 7.91. The fraction of sp³-hybridized carbons (Fsp3) is 0.278. The van der Waals surface area contributed by atoms with Crippen LogP contribution in [0.3, 0.4) is 0 Å². The minimum absolute atomic E-state index is 0.106. The molecule has 0 unspecified atom stereocenters. The number of nitrogens with zero attached hydrogens (tertiary/aromatic N) is 6. The van der Waals surface area contributed by atoms with Gasteiger partial charge in [-0.3, -0.25) is 4.79 Å². The Kier molecular flexibility index (Phi) is 6.06. The van der Waals surface area contributed by atoms with E-state index in [-0.39, 0.29) is 15.2 Å². The number of sulfonamides is 1. The van der Waals surface area contributed by atoms with E-state index < -0.39 is 10.0 Å². The third-order valence-electron chi connectivity index (χ3n) is 4.50. The van der Waals surface area contributed by atoms with Crippen LogP contribution >= 0.6 is 11.3 Å². The summed E-state index contributed by atoms with van der Waals surface area (Å²) < 4.78 is 27.3. The third-order valence-corrected chi connectivity index (χ3v) is 7.74. The van der Waals surface area contributed by atoms with E-state index in [1.807, 2.05) is 29.2 Å². The number of piperazine rings is 1. The predicted octanol–water partition coefficient (Wildman–Crippen LogP) is 1.54. The summed E-state index contributed by atoms with van der Waals surface area (Å²) in [5.41, 5.74) is 0. The zero-order valence-electron chi connectivity index (χ0n) is 16.6. The van der Waals surface area contributed by atoms with E-state index in [0.717, 1.165) is 11.3 Å². The monoisotopic (exact) mass is 460 g/mol. The van der Waals surface area contributed by atoms with E-state index in [0.29, 0.717) is 43.6 Å². The van der Waals surface area contributed by atoms with Gasteiger partial charge in [-0.15, -0.1) is 10.2 Å². The molecule has 13 heteroatoms. The van der Waals surface area contributed by atoms with E-state index in [1.54, 1.807) is 12.3 Å². The second-order valence-electron chi connectivity index (χ2n) is 6.67. The Hall–Kier alpha value is -3.16. The molecule has 0 radical (unpaired) electrons. The lowest BCUT2D eigenvalue weighted by Gasteiger charge is -2.34. The maximum atomic E-state index is 12.9. The van der Waals surface area contributed by atoms with Crippen LogP contribution in [0.5, 0.6) is 0 Å². The van der Waals surface area contributed by atoms with Gasteiger partial charge in [0.15, 0.2) is 21.0 Å². The second-order valence-corrected chi connectivity index (χ2v) is 9.87. The Morgan fingerprint density at radius 2 is 1.84 bits per heavy atom. The smallest absolute Gasteiger partial charge is 0.254 e. The number of anilines is 4. The molecule has 3 aromatic heterocycles. The molecule has 0 spiro atoms. The Labute approximate surface area is 183 Å². The van der Waals surface area contributed by atoms with Gasteiger partial charge in [-0.25, -0.2) is 18.4 Å².